The third kappa shape index (κ3) is 1.90. The molecule has 1 aliphatic carbocycles. The van der Waals surface area contributed by atoms with Crippen LogP contribution in [0.5, 0.6) is 5.75 Å². The van der Waals surface area contributed by atoms with Crippen molar-refractivity contribution in [2.75, 3.05) is 6.61 Å². The van der Waals surface area contributed by atoms with Gasteiger partial charge in [-0.2, -0.15) is 0 Å². The molecule has 76 valence electrons. The number of nitrogens with two attached hydrogens (primary N) is 1. The minimum absolute atomic E-state index is 0.0245. The molecule has 0 radical (unpaired) electrons. The Morgan fingerprint density at radius 2 is 1.93 bits per heavy atom. The van der Waals surface area contributed by atoms with Gasteiger partial charge in [-0.05, 0) is 37.0 Å². The maximum atomic E-state index is 6.08. The fraction of sp³-hybridized carbons (Fsp3) is 0.500. The van der Waals surface area contributed by atoms with Gasteiger partial charge in [0.2, 0.25) is 0 Å². The summed E-state index contributed by atoms with van der Waals surface area (Å²) in [7, 11) is 0. The highest BCUT2D eigenvalue weighted by Gasteiger charge is 2.39. The SMILES string of the molecule is CCCOc1ccc(C2(N)CC2)cc1. The van der Waals surface area contributed by atoms with Gasteiger partial charge in [0.1, 0.15) is 5.75 Å². The molecule has 2 N–H and O–H groups in total. The first-order valence-electron chi connectivity index (χ1n) is 5.27. The van der Waals surface area contributed by atoms with Crippen LogP contribution in [0.2, 0.25) is 0 Å². The molecule has 0 aliphatic heterocycles. The average molecular weight is 191 g/mol. The lowest BCUT2D eigenvalue weighted by Crippen LogP contribution is -2.18. The van der Waals surface area contributed by atoms with Crippen molar-refractivity contribution in [3.63, 3.8) is 0 Å². The van der Waals surface area contributed by atoms with Gasteiger partial charge in [-0.15, -0.1) is 0 Å². The molecule has 0 aromatic heterocycles. The smallest absolute Gasteiger partial charge is 0.119 e. The Hall–Kier alpha value is -1.02. The molecule has 2 heteroatoms. The van der Waals surface area contributed by atoms with Crippen molar-refractivity contribution in [3.05, 3.63) is 29.8 Å². The predicted octanol–water partition coefficient (Wildman–Crippen LogP) is 2.42. The van der Waals surface area contributed by atoms with E-state index in [4.69, 9.17) is 10.5 Å². The first-order chi connectivity index (χ1) is 6.74. The van der Waals surface area contributed by atoms with Crippen molar-refractivity contribution >= 4 is 0 Å². The van der Waals surface area contributed by atoms with E-state index in [1.54, 1.807) is 0 Å². The molecule has 2 nitrogen and oxygen atoms in total. The van der Waals surface area contributed by atoms with Gasteiger partial charge in [-0.25, -0.2) is 0 Å². The number of benzene rings is 1. The van der Waals surface area contributed by atoms with Crippen molar-refractivity contribution in [2.45, 2.75) is 31.7 Å². The standard InChI is InChI=1S/C12H17NO/c1-2-9-14-11-5-3-10(4-6-11)12(13)7-8-12/h3-6H,2,7-9,13H2,1H3. The Morgan fingerprint density at radius 3 is 2.43 bits per heavy atom. The van der Waals surface area contributed by atoms with Gasteiger partial charge in [0.25, 0.3) is 0 Å². The van der Waals surface area contributed by atoms with Crippen LogP contribution in [0, 0.1) is 0 Å². The van der Waals surface area contributed by atoms with E-state index >= 15 is 0 Å². The lowest BCUT2D eigenvalue weighted by Gasteiger charge is -2.10. The minimum atomic E-state index is -0.0245. The van der Waals surface area contributed by atoms with E-state index in [2.05, 4.69) is 19.1 Å². The van der Waals surface area contributed by atoms with Crippen molar-refractivity contribution in [3.8, 4) is 5.75 Å². The molecule has 14 heavy (non-hydrogen) atoms. The number of hydrogen-bond acceptors (Lipinski definition) is 2. The Morgan fingerprint density at radius 1 is 1.29 bits per heavy atom. The fourth-order valence-corrected chi connectivity index (χ4v) is 1.53. The van der Waals surface area contributed by atoms with Gasteiger partial charge in [0.15, 0.2) is 0 Å². The van der Waals surface area contributed by atoms with Gasteiger partial charge in [-0.3, -0.25) is 0 Å². The summed E-state index contributed by atoms with van der Waals surface area (Å²) in [5, 5.41) is 0. The van der Waals surface area contributed by atoms with Crippen LogP contribution >= 0.6 is 0 Å². The van der Waals surface area contributed by atoms with Gasteiger partial charge >= 0.3 is 0 Å². The van der Waals surface area contributed by atoms with Gasteiger partial charge in [0, 0.05) is 5.54 Å². The van der Waals surface area contributed by atoms with E-state index in [1.165, 1.54) is 5.56 Å². The summed E-state index contributed by atoms with van der Waals surface area (Å²) in [5.74, 6) is 0.944. The Kier molecular flexibility index (Phi) is 2.46. The zero-order valence-electron chi connectivity index (χ0n) is 8.62. The topological polar surface area (TPSA) is 35.2 Å². The molecule has 0 unspecified atom stereocenters. The normalized spacial score (nSPS) is 17.9. The van der Waals surface area contributed by atoms with Crippen LogP contribution in [0.4, 0.5) is 0 Å². The summed E-state index contributed by atoms with van der Waals surface area (Å²) in [6.45, 7) is 2.89. The first-order valence-corrected chi connectivity index (χ1v) is 5.27. The predicted molar refractivity (Wildman–Crippen MR) is 57.3 cm³/mol. The van der Waals surface area contributed by atoms with Crippen LogP contribution in [0.15, 0.2) is 24.3 Å². The molecule has 0 spiro atoms. The minimum Gasteiger partial charge on any atom is -0.494 e. The highest BCUT2D eigenvalue weighted by Crippen LogP contribution is 2.42. The van der Waals surface area contributed by atoms with Crippen LogP contribution in [-0.2, 0) is 5.54 Å². The molecule has 1 aromatic carbocycles. The van der Waals surface area contributed by atoms with Crippen LogP contribution in [-0.4, -0.2) is 6.61 Å². The van der Waals surface area contributed by atoms with E-state index in [-0.39, 0.29) is 5.54 Å². The summed E-state index contributed by atoms with van der Waals surface area (Å²) in [6.07, 6.45) is 3.27. The molecular formula is C12H17NO. The molecule has 1 saturated carbocycles. The van der Waals surface area contributed by atoms with E-state index < -0.39 is 0 Å². The second kappa shape index (κ2) is 3.62. The van der Waals surface area contributed by atoms with Gasteiger partial charge in [0.05, 0.1) is 6.61 Å². The summed E-state index contributed by atoms with van der Waals surface area (Å²) in [5.41, 5.74) is 7.29. The molecule has 0 amide bonds. The number of rotatable bonds is 4. The van der Waals surface area contributed by atoms with Gasteiger partial charge < -0.3 is 10.5 Å². The Bertz CT molecular complexity index is 301. The molecule has 0 atom stereocenters. The van der Waals surface area contributed by atoms with Gasteiger partial charge in [-0.1, -0.05) is 19.1 Å². The zero-order chi connectivity index (χ0) is 10.0. The second-order valence-electron chi connectivity index (χ2n) is 4.03. The maximum Gasteiger partial charge on any atom is 0.119 e. The third-order valence-electron chi connectivity index (χ3n) is 2.69. The summed E-state index contributed by atoms with van der Waals surface area (Å²) < 4.78 is 5.50. The van der Waals surface area contributed by atoms with Crippen LogP contribution in [0.3, 0.4) is 0 Å². The van der Waals surface area contributed by atoms with Crippen LogP contribution < -0.4 is 10.5 Å². The molecule has 0 heterocycles. The zero-order valence-corrected chi connectivity index (χ0v) is 8.62. The van der Waals surface area contributed by atoms with Crippen molar-refractivity contribution in [1.29, 1.82) is 0 Å². The van der Waals surface area contributed by atoms with E-state index in [9.17, 15) is 0 Å². The second-order valence-corrected chi connectivity index (χ2v) is 4.03. The monoisotopic (exact) mass is 191 g/mol. The maximum absolute atomic E-state index is 6.08. The number of ether oxygens (including phenoxy) is 1. The largest absolute Gasteiger partial charge is 0.494 e. The van der Waals surface area contributed by atoms with E-state index in [0.717, 1.165) is 31.6 Å². The lowest BCUT2D eigenvalue weighted by atomic mass is 10.1. The third-order valence-corrected chi connectivity index (χ3v) is 2.69. The van der Waals surface area contributed by atoms with Crippen molar-refractivity contribution in [1.82, 2.24) is 0 Å². The van der Waals surface area contributed by atoms with E-state index in [1.807, 2.05) is 12.1 Å². The molecule has 0 bridgehead atoms. The molecule has 1 aromatic rings. The number of hydrogen-bond donors (Lipinski definition) is 1. The Labute approximate surface area is 85.1 Å². The average Bonchev–Trinajstić information content (AvgIpc) is 2.96. The lowest BCUT2D eigenvalue weighted by molar-refractivity contribution is 0.317. The highest BCUT2D eigenvalue weighted by molar-refractivity contribution is 5.34. The van der Waals surface area contributed by atoms with E-state index in [0.29, 0.717) is 0 Å². The molecular weight excluding hydrogens is 174 g/mol. The summed E-state index contributed by atoms with van der Waals surface area (Å²) >= 11 is 0. The quantitative estimate of drug-likeness (QED) is 0.793. The van der Waals surface area contributed by atoms with Crippen LogP contribution in [0.25, 0.3) is 0 Å². The fourth-order valence-electron chi connectivity index (χ4n) is 1.53. The summed E-state index contributed by atoms with van der Waals surface area (Å²) in [6, 6.07) is 8.19. The Balaban J connectivity index is 2.03. The highest BCUT2D eigenvalue weighted by atomic mass is 16.5. The van der Waals surface area contributed by atoms with Crippen molar-refractivity contribution < 1.29 is 4.74 Å². The molecule has 1 fully saturated rings. The molecule has 0 saturated heterocycles. The molecule has 1 aliphatic rings. The first kappa shape index (κ1) is 9.53. The van der Waals surface area contributed by atoms with Crippen LogP contribution in [0.1, 0.15) is 31.7 Å². The molecule has 2 rings (SSSR count). The summed E-state index contributed by atoms with van der Waals surface area (Å²) in [4.78, 5) is 0. The van der Waals surface area contributed by atoms with Crippen molar-refractivity contribution in [2.24, 2.45) is 5.73 Å².